The van der Waals surface area contributed by atoms with Crippen LogP contribution < -0.4 is 0 Å². The maximum atomic E-state index is 5.90. The topological polar surface area (TPSA) is 3.24 Å². The fourth-order valence-electron chi connectivity index (χ4n) is 3.36. The van der Waals surface area contributed by atoms with E-state index in [9.17, 15) is 0 Å². The van der Waals surface area contributed by atoms with Crippen LogP contribution in [0.15, 0.2) is 42.5 Å². The molecule has 0 N–H and O–H groups in total. The van der Waals surface area contributed by atoms with Gasteiger partial charge in [0.15, 0.2) is 0 Å². The van der Waals surface area contributed by atoms with Gasteiger partial charge in [-0.25, -0.2) is 0 Å². The molecule has 1 aliphatic heterocycles. The van der Waals surface area contributed by atoms with Crippen LogP contribution in [0.4, 0.5) is 0 Å². The molecular weight excluding hydrogens is 266 g/mol. The molecule has 2 aromatic rings. The number of alkyl halides is 1. The zero-order valence-electron chi connectivity index (χ0n) is 11.9. The lowest BCUT2D eigenvalue weighted by molar-refractivity contribution is 0.166. The fraction of sp³-hybridized carbons (Fsp3) is 0.444. The van der Waals surface area contributed by atoms with Crippen molar-refractivity contribution in [2.45, 2.75) is 25.8 Å². The van der Waals surface area contributed by atoms with Crippen LogP contribution in [0.5, 0.6) is 0 Å². The minimum absolute atomic E-state index is 0.788. The smallest absolute Gasteiger partial charge is 0.0240 e. The Labute approximate surface area is 126 Å². The summed E-state index contributed by atoms with van der Waals surface area (Å²) in [6, 6.07) is 15.3. The Kier molecular flexibility index (Phi) is 4.59. The number of halogens is 1. The minimum Gasteiger partial charge on any atom is -0.299 e. The Morgan fingerprint density at radius 1 is 1.10 bits per heavy atom. The molecule has 0 radical (unpaired) electrons. The Balaban J connectivity index is 1.76. The highest BCUT2D eigenvalue weighted by atomic mass is 35.5. The number of benzene rings is 2. The molecule has 2 heteroatoms. The van der Waals surface area contributed by atoms with Gasteiger partial charge in [-0.1, -0.05) is 42.5 Å². The van der Waals surface area contributed by atoms with Gasteiger partial charge in [-0.2, -0.15) is 0 Å². The van der Waals surface area contributed by atoms with Crippen molar-refractivity contribution in [3.63, 3.8) is 0 Å². The van der Waals surface area contributed by atoms with Crippen LogP contribution in [-0.2, 0) is 6.54 Å². The van der Waals surface area contributed by atoms with Gasteiger partial charge < -0.3 is 0 Å². The largest absolute Gasteiger partial charge is 0.299 e. The van der Waals surface area contributed by atoms with Crippen molar-refractivity contribution in [2.75, 3.05) is 19.0 Å². The summed E-state index contributed by atoms with van der Waals surface area (Å²) >= 11 is 5.90. The normalized spacial score (nSPS) is 20.4. The lowest BCUT2D eigenvalue weighted by Gasteiger charge is -2.32. The van der Waals surface area contributed by atoms with Gasteiger partial charge in [-0.3, -0.25) is 4.90 Å². The molecule has 1 nitrogen and oxygen atoms in total. The van der Waals surface area contributed by atoms with Gasteiger partial charge in [-0.05, 0) is 48.1 Å². The summed E-state index contributed by atoms with van der Waals surface area (Å²) in [5, 5.41) is 2.74. The molecule has 3 rings (SSSR count). The van der Waals surface area contributed by atoms with Gasteiger partial charge in [0.25, 0.3) is 0 Å². The summed E-state index contributed by atoms with van der Waals surface area (Å²) in [5.41, 5.74) is 1.45. The number of likely N-dealkylation sites (tertiary alicyclic amines) is 1. The molecular formula is C18H22ClN. The number of hydrogen-bond acceptors (Lipinski definition) is 1. The first-order valence-corrected chi connectivity index (χ1v) is 8.15. The number of nitrogens with zero attached hydrogens (tertiary/aromatic N) is 1. The van der Waals surface area contributed by atoms with Crippen LogP contribution in [0.2, 0.25) is 0 Å². The van der Waals surface area contributed by atoms with Crippen molar-refractivity contribution in [1.82, 2.24) is 4.90 Å². The quantitative estimate of drug-likeness (QED) is 0.738. The number of fused-ring (bicyclic) bond motifs is 1. The molecule has 2 aromatic carbocycles. The van der Waals surface area contributed by atoms with Crippen LogP contribution in [-0.4, -0.2) is 23.9 Å². The molecule has 1 fully saturated rings. The Bertz CT molecular complexity index is 559. The van der Waals surface area contributed by atoms with E-state index in [-0.39, 0.29) is 0 Å². The maximum Gasteiger partial charge on any atom is 0.0240 e. The van der Waals surface area contributed by atoms with E-state index in [0.29, 0.717) is 0 Å². The first kappa shape index (κ1) is 13.9. The standard InChI is InChI=1S/C18H22ClN/c19-11-10-15-5-4-12-20(13-15)14-17-8-3-7-16-6-1-2-9-18(16)17/h1-3,6-9,15H,4-5,10-14H2. The van der Waals surface area contributed by atoms with Gasteiger partial charge in [0.2, 0.25) is 0 Å². The molecule has 1 saturated heterocycles. The molecule has 1 atom stereocenters. The lowest BCUT2D eigenvalue weighted by Crippen LogP contribution is -2.35. The molecule has 0 aromatic heterocycles. The molecule has 0 bridgehead atoms. The zero-order chi connectivity index (χ0) is 13.8. The SMILES string of the molecule is ClCCC1CCCN(Cc2cccc3ccccc23)C1. The molecule has 1 aliphatic rings. The Hall–Kier alpha value is -1.05. The third kappa shape index (κ3) is 3.16. The Morgan fingerprint density at radius 2 is 1.95 bits per heavy atom. The second-order valence-electron chi connectivity index (χ2n) is 5.86. The van der Waals surface area contributed by atoms with Crippen molar-refractivity contribution in [3.05, 3.63) is 48.0 Å². The summed E-state index contributed by atoms with van der Waals surface area (Å²) in [6.45, 7) is 3.50. The van der Waals surface area contributed by atoms with Crippen LogP contribution in [0.25, 0.3) is 10.8 Å². The van der Waals surface area contributed by atoms with Crippen LogP contribution in [0.3, 0.4) is 0 Å². The summed E-state index contributed by atoms with van der Waals surface area (Å²) in [6.07, 6.45) is 3.82. The van der Waals surface area contributed by atoms with Crippen molar-refractivity contribution in [2.24, 2.45) is 5.92 Å². The highest BCUT2D eigenvalue weighted by Crippen LogP contribution is 2.24. The third-order valence-corrected chi connectivity index (χ3v) is 4.61. The van der Waals surface area contributed by atoms with Crippen LogP contribution in [0, 0.1) is 5.92 Å². The fourth-order valence-corrected chi connectivity index (χ4v) is 3.66. The lowest BCUT2D eigenvalue weighted by atomic mass is 9.95. The number of rotatable bonds is 4. The highest BCUT2D eigenvalue weighted by Gasteiger charge is 2.19. The van der Waals surface area contributed by atoms with Crippen molar-refractivity contribution < 1.29 is 0 Å². The summed E-state index contributed by atoms with van der Waals surface area (Å²) in [4.78, 5) is 2.60. The molecule has 20 heavy (non-hydrogen) atoms. The van der Waals surface area contributed by atoms with E-state index in [4.69, 9.17) is 11.6 Å². The highest BCUT2D eigenvalue weighted by molar-refractivity contribution is 6.17. The van der Waals surface area contributed by atoms with E-state index in [2.05, 4.69) is 47.4 Å². The average molecular weight is 288 g/mol. The molecule has 0 aliphatic carbocycles. The third-order valence-electron chi connectivity index (χ3n) is 4.39. The number of piperidine rings is 1. The van der Waals surface area contributed by atoms with Gasteiger partial charge in [0, 0.05) is 19.0 Å². The number of hydrogen-bond donors (Lipinski definition) is 0. The molecule has 1 heterocycles. The molecule has 1 unspecified atom stereocenters. The van der Waals surface area contributed by atoms with Crippen molar-refractivity contribution >= 4 is 22.4 Å². The van der Waals surface area contributed by atoms with E-state index in [1.54, 1.807) is 0 Å². The second kappa shape index (κ2) is 6.60. The van der Waals surface area contributed by atoms with Gasteiger partial charge in [0.1, 0.15) is 0 Å². The molecule has 0 spiro atoms. The zero-order valence-corrected chi connectivity index (χ0v) is 12.6. The van der Waals surface area contributed by atoms with Crippen molar-refractivity contribution in [1.29, 1.82) is 0 Å². The van der Waals surface area contributed by atoms with Crippen LogP contribution in [0.1, 0.15) is 24.8 Å². The van der Waals surface area contributed by atoms with E-state index >= 15 is 0 Å². The second-order valence-corrected chi connectivity index (χ2v) is 6.24. The predicted molar refractivity (Wildman–Crippen MR) is 87.3 cm³/mol. The van der Waals surface area contributed by atoms with E-state index in [1.165, 1.54) is 42.3 Å². The first-order valence-electron chi connectivity index (χ1n) is 7.62. The minimum atomic E-state index is 0.788. The summed E-state index contributed by atoms with van der Waals surface area (Å²) in [5.74, 6) is 1.59. The van der Waals surface area contributed by atoms with Gasteiger partial charge in [-0.15, -0.1) is 11.6 Å². The van der Waals surface area contributed by atoms with Crippen molar-refractivity contribution in [3.8, 4) is 0 Å². The molecule has 0 amide bonds. The summed E-state index contributed by atoms with van der Waals surface area (Å²) < 4.78 is 0. The monoisotopic (exact) mass is 287 g/mol. The van der Waals surface area contributed by atoms with E-state index in [0.717, 1.165) is 24.8 Å². The average Bonchev–Trinajstić information content (AvgIpc) is 2.48. The van der Waals surface area contributed by atoms with Gasteiger partial charge >= 0.3 is 0 Å². The maximum absolute atomic E-state index is 5.90. The van der Waals surface area contributed by atoms with E-state index in [1.807, 2.05) is 0 Å². The summed E-state index contributed by atoms with van der Waals surface area (Å²) in [7, 11) is 0. The van der Waals surface area contributed by atoms with Gasteiger partial charge in [0.05, 0.1) is 0 Å². The van der Waals surface area contributed by atoms with Crippen LogP contribution >= 0.6 is 11.6 Å². The predicted octanol–water partition coefficient (Wildman–Crippen LogP) is 4.68. The molecule has 106 valence electrons. The first-order chi connectivity index (χ1) is 9.86. The Morgan fingerprint density at radius 3 is 2.85 bits per heavy atom. The van der Waals surface area contributed by atoms with E-state index < -0.39 is 0 Å². The molecule has 0 saturated carbocycles.